The summed E-state index contributed by atoms with van der Waals surface area (Å²) in [5, 5.41) is 36.0. The average Bonchev–Trinajstić information content (AvgIpc) is 1.92. The molecule has 3 aliphatic heterocycles. The van der Waals surface area contributed by atoms with Crippen LogP contribution in [0, 0.1) is 52.7 Å². The molecular weight excluding hydrogens is 1430 g/mol. The second-order valence-corrected chi connectivity index (χ2v) is 26.3. The molecule has 3 heterocycles. The molecule has 18 nitrogen and oxygen atoms in total. The number of halogens is 12. The van der Waals surface area contributed by atoms with Gasteiger partial charge in [-0.3, -0.25) is 30.7 Å². The zero-order valence-electron chi connectivity index (χ0n) is 53.7. The molecule has 6 aromatic carbocycles. The Bertz CT molecular complexity index is 3190. The van der Waals surface area contributed by atoms with Crippen LogP contribution in [0.5, 0.6) is 34.5 Å². The summed E-state index contributed by atoms with van der Waals surface area (Å²) in [6.07, 6.45) is 7.46. The van der Waals surface area contributed by atoms with Gasteiger partial charge in [-0.1, -0.05) is 69.6 Å². The summed E-state index contributed by atoms with van der Waals surface area (Å²) in [7, 11) is 0. The Morgan fingerprint density at radius 1 is 0.354 bits per heavy atom. The number of hydrogen-bond donors (Lipinski definition) is 6. The summed E-state index contributed by atoms with van der Waals surface area (Å²) in [6, 6.07) is 24.5. The molecule has 540 valence electrons. The summed E-state index contributed by atoms with van der Waals surface area (Å²) in [6.45, 7) is 3.64. The van der Waals surface area contributed by atoms with Crippen LogP contribution in [-0.4, -0.2) is 145 Å². The third kappa shape index (κ3) is 29.2. The number of benzene rings is 6. The first-order valence-corrected chi connectivity index (χ1v) is 34.3. The van der Waals surface area contributed by atoms with Crippen molar-refractivity contribution in [3.63, 3.8) is 0 Å². The van der Waals surface area contributed by atoms with Crippen LogP contribution in [0.4, 0.5) is 26.3 Å². The fraction of sp³-hybridized carbons (Fsp3) is 0.435. The minimum Gasteiger partial charge on any atom is -0.491 e. The van der Waals surface area contributed by atoms with Crippen molar-refractivity contribution in [3.05, 3.63) is 174 Å². The van der Waals surface area contributed by atoms with Crippen molar-refractivity contribution in [2.24, 2.45) is 17.8 Å². The molecular formula is C69H78Cl6F6N6O12. The Labute approximate surface area is 600 Å². The van der Waals surface area contributed by atoms with Crippen LogP contribution in [0.15, 0.2) is 109 Å². The van der Waals surface area contributed by atoms with Crippen molar-refractivity contribution in [3.8, 4) is 34.5 Å². The standard InChI is InChI=1S/3C23H26Cl2F2N2O4/c3*24-19-5-3-17(11-21(19)26)32-13-16(30)2-1-15-7-9-29(10-8-15)28-23(31)14-33-18-4-6-20(25)22(27)12-18/h3*3-6,11-12,15-16,30H,1-2,7-10,13-14H2,(H,28,31)/t2*16-;/m10./s1. The quantitative estimate of drug-likeness (QED) is 0.0232. The van der Waals surface area contributed by atoms with Gasteiger partial charge in [-0.05, 0) is 168 Å². The summed E-state index contributed by atoms with van der Waals surface area (Å²) >= 11 is 33.8. The number of aliphatic hydroxyl groups is 3. The SMILES string of the molecule is O=C(COc1ccc(Cl)c(F)c1)NN1CCC(CCC(O)COc2ccc(Cl)c(F)c2)CC1.O=C(COc1ccc(Cl)c(F)c1)NN1CCC(CC[C@@H](O)COc2ccc(Cl)c(F)c2)CC1.O=C(COc1ccc(Cl)c(F)c1)NN1CCC(CC[C@H](O)COc2ccc(Cl)c(F)c2)CC1. The number of carbonyl (C=O) groups is 3. The molecule has 30 heteroatoms. The highest BCUT2D eigenvalue weighted by Gasteiger charge is 2.26. The number of aliphatic hydroxyl groups excluding tert-OH is 3. The molecule has 6 N–H and O–H groups in total. The van der Waals surface area contributed by atoms with Crippen LogP contribution >= 0.6 is 69.6 Å². The maximum absolute atomic E-state index is 13.4. The van der Waals surface area contributed by atoms with Crippen molar-refractivity contribution in [1.29, 1.82) is 0 Å². The van der Waals surface area contributed by atoms with Crippen molar-refractivity contribution in [1.82, 2.24) is 31.3 Å². The van der Waals surface area contributed by atoms with E-state index in [4.69, 9.17) is 98.0 Å². The van der Waals surface area contributed by atoms with Crippen LogP contribution in [0.3, 0.4) is 0 Å². The van der Waals surface area contributed by atoms with E-state index in [1.165, 1.54) is 72.8 Å². The van der Waals surface area contributed by atoms with Gasteiger partial charge in [-0.2, -0.15) is 0 Å². The molecule has 99 heavy (non-hydrogen) atoms. The summed E-state index contributed by atoms with van der Waals surface area (Å²) in [5.41, 5.74) is 8.36. The van der Waals surface area contributed by atoms with E-state index in [-0.39, 0.29) is 105 Å². The number of ether oxygens (including phenoxy) is 6. The maximum atomic E-state index is 13.4. The first-order chi connectivity index (χ1) is 47.4. The predicted octanol–water partition coefficient (Wildman–Crippen LogP) is 13.8. The fourth-order valence-corrected chi connectivity index (χ4v) is 11.3. The molecule has 0 spiro atoms. The molecule has 9 rings (SSSR count). The van der Waals surface area contributed by atoms with E-state index in [0.717, 1.165) is 76.0 Å². The van der Waals surface area contributed by atoms with Gasteiger partial charge < -0.3 is 43.7 Å². The molecule has 1 unspecified atom stereocenters. The Kier molecular flexibility index (Phi) is 33.5. The van der Waals surface area contributed by atoms with E-state index in [9.17, 15) is 56.0 Å². The van der Waals surface area contributed by atoms with Crippen LogP contribution in [0.1, 0.15) is 77.0 Å². The summed E-state index contributed by atoms with van der Waals surface area (Å²) < 4.78 is 113. The van der Waals surface area contributed by atoms with Gasteiger partial charge in [0.15, 0.2) is 19.8 Å². The average molecular weight is 1510 g/mol. The first-order valence-electron chi connectivity index (χ1n) is 32.0. The van der Waals surface area contributed by atoms with Gasteiger partial charge >= 0.3 is 0 Å². The zero-order chi connectivity index (χ0) is 71.4. The van der Waals surface area contributed by atoms with E-state index in [0.29, 0.717) is 93.5 Å². The van der Waals surface area contributed by atoms with Crippen molar-refractivity contribution < 1.29 is 84.5 Å². The highest BCUT2D eigenvalue weighted by atomic mass is 35.5. The highest BCUT2D eigenvalue weighted by molar-refractivity contribution is 6.32. The Morgan fingerprint density at radius 3 is 0.737 bits per heavy atom. The lowest BCUT2D eigenvalue weighted by atomic mass is 9.92. The van der Waals surface area contributed by atoms with E-state index in [1.54, 1.807) is 18.2 Å². The first kappa shape index (κ1) is 79.9. The van der Waals surface area contributed by atoms with Crippen LogP contribution < -0.4 is 44.7 Å². The fourth-order valence-electron chi connectivity index (χ4n) is 10.6. The van der Waals surface area contributed by atoms with Crippen LogP contribution in [0.2, 0.25) is 30.1 Å². The number of piperidine rings is 3. The number of nitrogens with zero attached hydrogens (tertiary/aromatic N) is 3. The van der Waals surface area contributed by atoms with Crippen LogP contribution in [-0.2, 0) is 14.4 Å². The van der Waals surface area contributed by atoms with Gasteiger partial charge in [0.25, 0.3) is 17.7 Å². The van der Waals surface area contributed by atoms with Crippen molar-refractivity contribution in [2.45, 2.75) is 95.4 Å². The van der Waals surface area contributed by atoms with Gasteiger partial charge in [0.05, 0.1) is 48.4 Å². The molecule has 0 saturated carbocycles. The molecule has 3 atom stereocenters. The molecule has 0 aromatic heterocycles. The molecule has 3 aliphatic rings. The summed E-state index contributed by atoms with van der Waals surface area (Å²) in [5.74, 6) is -1.53. The number of hydrazine groups is 3. The van der Waals surface area contributed by atoms with E-state index >= 15 is 0 Å². The maximum Gasteiger partial charge on any atom is 0.272 e. The number of hydrogen-bond acceptors (Lipinski definition) is 15. The Morgan fingerprint density at radius 2 is 0.545 bits per heavy atom. The van der Waals surface area contributed by atoms with Crippen molar-refractivity contribution >= 4 is 87.3 Å². The second kappa shape index (κ2) is 41.5. The van der Waals surface area contributed by atoms with Gasteiger partial charge in [-0.25, -0.2) is 41.4 Å². The zero-order valence-corrected chi connectivity index (χ0v) is 58.3. The molecule has 0 aliphatic carbocycles. The minimum atomic E-state index is -0.656. The number of carbonyl (C=O) groups excluding carboxylic acids is 3. The third-order valence-electron chi connectivity index (χ3n) is 16.2. The largest absolute Gasteiger partial charge is 0.491 e. The van der Waals surface area contributed by atoms with Gasteiger partial charge in [0.1, 0.15) is 89.2 Å². The van der Waals surface area contributed by atoms with Gasteiger partial charge in [0, 0.05) is 75.7 Å². The van der Waals surface area contributed by atoms with Gasteiger partial charge in [0.2, 0.25) is 0 Å². The predicted molar refractivity (Wildman–Crippen MR) is 364 cm³/mol. The normalized spacial score (nSPS) is 15.8. The van der Waals surface area contributed by atoms with E-state index in [2.05, 4.69) is 16.3 Å². The second-order valence-electron chi connectivity index (χ2n) is 23.8. The molecule has 3 saturated heterocycles. The van der Waals surface area contributed by atoms with E-state index in [1.807, 2.05) is 15.0 Å². The summed E-state index contributed by atoms with van der Waals surface area (Å²) in [4.78, 5) is 36.3. The lowest BCUT2D eigenvalue weighted by molar-refractivity contribution is -0.129. The lowest BCUT2D eigenvalue weighted by Gasteiger charge is -2.32. The van der Waals surface area contributed by atoms with Crippen LogP contribution in [0.25, 0.3) is 0 Å². The molecule has 3 amide bonds. The smallest absolute Gasteiger partial charge is 0.272 e. The van der Waals surface area contributed by atoms with Crippen molar-refractivity contribution in [2.75, 3.05) is 78.9 Å². The van der Waals surface area contributed by atoms with Gasteiger partial charge in [-0.15, -0.1) is 0 Å². The number of nitrogens with one attached hydrogen (secondary N) is 3. The molecule has 0 radical (unpaired) electrons. The lowest BCUT2D eigenvalue weighted by Crippen LogP contribution is -2.48. The topological polar surface area (TPSA) is 213 Å². The Hall–Kier alpha value is -6.39. The van der Waals surface area contributed by atoms with E-state index < -0.39 is 53.2 Å². The Balaban J connectivity index is 0.000000209. The minimum absolute atomic E-state index is 0.00772. The number of rotatable bonds is 30. The molecule has 3 fully saturated rings. The number of amides is 3. The highest BCUT2D eigenvalue weighted by Crippen LogP contribution is 2.29. The molecule has 6 aromatic rings. The monoisotopic (exact) mass is 1510 g/mol. The molecule has 0 bridgehead atoms. The third-order valence-corrected chi connectivity index (χ3v) is 18.0.